The SMILES string of the molecule is N#Cc1c(SCc2csc(-c3ccc(Cl)cc3)n2)nc(N2CCCC2)c(C#N)c1-c1ccc(OCCOC(=O)[C@@H](N)CCCCN)cc1. The second kappa shape index (κ2) is 17.3. The number of nitrogens with two attached hydrogens (primary N) is 2. The van der Waals surface area contributed by atoms with Gasteiger partial charge in [0, 0.05) is 40.4 Å². The molecule has 4 N–H and O–H groups in total. The van der Waals surface area contributed by atoms with E-state index in [4.69, 9.17) is 42.5 Å². The van der Waals surface area contributed by atoms with Crippen LogP contribution >= 0.6 is 34.7 Å². The molecule has 1 aliphatic heterocycles. The topological polar surface area (TPSA) is 164 Å². The fourth-order valence-corrected chi connectivity index (χ4v) is 7.24. The van der Waals surface area contributed by atoms with Crippen LogP contribution in [0.25, 0.3) is 21.7 Å². The summed E-state index contributed by atoms with van der Waals surface area (Å²) >= 11 is 9.03. The maximum atomic E-state index is 12.1. The first-order valence-electron chi connectivity index (χ1n) is 15.7. The van der Waals surface area contributed by atoms with Crippen LogP contribution in [0.15, 0.2) is 58.9 Å². The quantitative estimate of drug-likeness (QED) is 0.0786. The van der Waals surface area contributed by atoms with Crippen molar-refractivity contribution in [2.45, 2.75) is 48.9 Å². The molecule has 248 valence electrons. The van der Waals surface area contributed by atoms with E-state index in [-0.39, 0.29) is 13.2 Å². The van der Waals surface area contributed by atoms with E-state index in [0.29, 0.717) is 62.6 Å². The number of esters is 1. The second-order valence-corrected chi connectivity index (χ2v) is 13.4. The van der Waals surface area contributed by atoms with Gasteiger partial charge in [-0.2, -0.15) is 10.5 Å². The van der Waals surface area contributed by atoms with Crippen LogP contribution in [0.4, 0.5) is 5.82 Å². The minimum Gasteiger partial charge on any atom is -0.490 e. The van der Waals surface area contributed by atoms with Gasteiger partial charge in [-0.25, -0.2) is 9.97 Å². The predicted molar refractivity (Wildman–Crippen MR) is 190 cm³/mol. The zero-order valence-electron chi connectivity index (χ0n) is 26.4. The van der Waals surface area contributed by atoms with Crippen molar-refractivity contribution in [3.05, 3.63) is 75.8 Å². The summed E-state index contributed by atoms with van der Waals surface area (Å²) in [7, 11) is 0. The first-order chi connectivity index (χ1) is 23.4. The highest BCUT2D eigenvalue weighted by Gasteiger charge is 2.26. The monoisotopic (exact) mass is 701 g/mol. The molecule has 48 heavy (non-hydrogen) atoms. The lowest BCUT2D eigenvalue weighted by Crippen LogP contribution is -2.33. The van der Waals surface area contributed by atoms with Crippen LogP contribution in [-0.4, -0.2) is 54.8 Å². The largest absolute Gasteiger partial charge is 0.490 e. The standard InChI is InChI=1S/C35H36ClN7O3S2/c36-25-10-6-24(7-11-25)33-41-26(21-47-33)22-48-34-29(20-39)31(28(19-38)32(42-34)43-15-3-4-16-43)23-8-12-27(13-9-23)45-17-18-46-35(44)30(40)5-1-2-14-37/h6-13,21,30H,1-5,14-18,22,37,40H2/t30-/m0/s1. The summed E-state index contributed by atoms with van der Waals surface area (Å²) < 4.78 is 11.0. The van der Waals surface area contributed by atoms with Crippen molar-refractivity contribution in [1.29, 1.82) is 10.5 Å². The van der Waals surface area contributed by atoms with Crippen LogP contribution in [-0.2, 0) is 15.3 Å². The zero-order valence-corrected chi connectivity index (χ0v) is 28.8. The number of benzene rings is 2. The summed E-state index contributed by atoms with van der Waals surface area (Å²) in [4.78, 5) is 23.9. The molecule has 0 spiro atoms. The molecule has 0 aliphatic carbocycles. The molecule has 0 bridgehead atoms. The molecule has 0 radical (unpaired) electrons. The van der Waals surface area contributed by atoms with E-state index in [1.165, 1.54) is 11.8 Å². The second-order valence-electron chi connectivity index (χ2n) is 11.2. The number of hydrogen-bond donors (Lipinski definition) is 2. The normalized spacial score (nSPS) is 13.1. The number of aromatic nitrogens is 2. The molecule has 2 aromatic carbocycles. The van der Waals surface area contributed by atoms with Gasteiger partial charge in [-0.05, 0) is 62.1 Å². The Labute approximate surface area is 293 Å². The van der Waals surface area contributed by atoms with Gasteiger partial charge in [0.15, 0.2) is 0 Å². The summed E-state index contributed by atoms with van der Waals surface area (Å²) in [5.41, 5.74) is 15.2. The molecular formula is C35H36ClN7O3S2. The van der Waals surface area contributed by atoms with Gasteiger partial charge in [-0.1, -0.05) is 54.0 Å². The van der Waals surface area contributed by atoms with Crippen LogP contribution in [0.1, 0.15) is 48.9 Å². The third-order valence-electron chi connectivity index (χ3n) is 7.79. The molecule has 2 aromatic heterocycles. The highest BCUT2D eigenvalue weighted by atomic mass is 35.5. The fraction of sp³-hybridized carbons (Fsp3) is 0.343. The number of thiazole rings is 1. The summed E-state index contributed by atoms with van der Waals surface area (Å²) in [5.74, 6) is 1.19. The highest BCUT2D eigenvalue weighted by Crippen LogP contribution is 2.40. The van der Waals surface area contributed by atoms with Crippen LogP contribution in [0.3, 0.4) is 0 Å². The number of pyridine rings is 1. The first-order valence-corrected chi connectivity index (χ1v) is 18.0. The van der Waals surface area contributed by atoms with Crippen molar-refractivity contribution in [3.8, 4) is 39.6 Å². The number of nitriles is 2. The van der Waals surface area contributed by atoms with Gasteiger partial charge in [0.25, 0.3) is 0 Å². The molecule has 1 aliphatic rings. The van der Waals surface area contributed by atoms with Gasteiger partial charge >= 0.3 is 5.97 Å². The van der Waals surface area contributed by atoms with E-state index in [2.05, 4.69) is 17.0 Å². The molecule has 4 aromatic rings. The van der Waals surface area contributed by atoms with E-state index >= 15 is 0 Å². The predicted octanol–water partition coefficient (Wildman–Crippen LogP) is 6.54. The number of hydrogen-bond acceptors (Lipinski definition) is 12. The van der Waals surface area contributed by atoms with E-state index in [1.54, 1.807) is 23.5 Å². The molecule has 0 unspecified atom stereocenters. The lowest BCUT2D eigenvalue weighted by atomic mass is 9.96. The molecule has 10 nitrogen and oxygen atoms in total. The highest BCUT2D eigenvalue weighted by molar-refractivity contribution is 7.98. The van der Waals surface area contributed by atoms with Gasteiger partial charge in [0.2, 0.25) is 0 Å². The molecule has 5 rings (SSSR count). The van der Waals surface area contributed by atoms with Crippen LogP contribution < -0.4 is 21.1 Å². The first kappa shape index (κ1) is 35.1. The van der Waals surface area contributed by atoms with Gasteiger partial charge in [0.1, 0.15) is 58.6 Å². The molecular weight excluding hydrogens is 666 g/mol. The Bertz CT molecular complexity index is 1780. The van der Waals surface area contributed by atoms with Crippen molar-refractivity contribution in [3.63, 3.8) is 0 Å². The number of halogens is 1. The zero-order chi connectivity index (χ0) is 33.9. The van der Waals surface area contributed by atoms with Crippen molar-refractivity contribution < 1.29 is 14.3 Å². The molecule has 0 amide bonds. The number of carbonyl (C=O) groups excluding carboxylic acids is 1. The van der Waals surface area contributed by atoms with Gasteiger partial charge in [-0.3, -0.25) is 4.79 Å². The number of nitrogens with zero attached hydrogens (tertiary/aromatic N) is 5. The lowest BCUT2D eigenvalue weighted by molar-refractivity contribution is -0.146. The van der Waals surface area contributed by atoms with Crippen LogP contribution in [0.5, 0.6) is 5.75 Å². The molecule has 1 fully saturated rings. The fourth-order valence-electron chi connectivity index (χ4n) is 5.31. The average molecular weight is 702 g/mol. The molecule has 0 saturated carbocycles. The minimum absolute atomic E-state index is 0.0621. The summed E-state index contributed by atoms with van der Waals surface area (Å²) in [5, 5.41) is 24.9. The Balaban J connectivity index is 1.33. The number of unbranched alkanes of at least 4 members (excludes halogenated alkanes) is 1. The summed E-state index contributed by atoms with van der Waals surface area (Å²) in [6.45, 7) is 2.37. The van der Waals surface area contributed by atoms with E-state index in [9.17, 15) is 15.3 Å². The third kappa shape index (κ3) is 8.84. The Morgan fingerprint density at radius 3 is 2.40 bits per heavy atom. The van der Waals surface area contributed by atoms with Gasteiger partial charge in [0.05, 0.1) is 11.3 Å². The number of rotatable bonds is 15. The Morgan fingerprint density at radius 1 is 1.00 bits per heavy atom. The Morgan fingerprint density at radius 2 is 1.71 bits per heavy atom. The molecule has 13 heteroatoms. The smallest absolute Gasteiger partial charge is 0.323 e. The van der Waals surface area contributed by atoms with Gasteiger partial charge in [-0.15, -0.1) is 11.3 Å². The van der Waals surface area contributed by atoms with Crippen molar-refractivity contribution >= 4 is 46.5 Å². The summed E-state index contributed by atoms with van der Waals surface area (Å²) in [6, 6.07) is 18.8. The maximum absolute atomic E-state index is 12.1. The van der Waals surface area contributed by atoms with Crippen LogP contribution in [0.2, 0.25) is 5.02 Å². The molecule has 1 atom stereocenters. The van der Waals surface area contributed by atoms with Crippen molar-refractivity contribution in [2.75, 3.05) is 37.7 Å². The minimum atomic E-state index is -0.679. The van der Waals surface area contributed by atoms with Crippen molar-refractivity contribution in [2.24, 2.45) is 11.5 Å². The van der Waals surface area contributed by atoms with Crippen LogP contribution in [0, 0.1) is 22.7 Å². The van der Waals surface area contributed by atoms with Crippen molar-refractivity contribution in [1.82, 2.24) is 9.97 Å². The lowest BCUT2D eigenvalue weighted by Gasteiger charge is -2.22. The van der Waals surface area contributed by atoms with E-state index < -0.39 is 12.0 Å². The average Bonchev–Trinajstić information content (AvgIpc) is 3.82. The van der Waals surface area contributed by atoms with E-state index in [0.717, 1.165) is 55.0 Å². The number of carbonyl (C=O) groups is 1. The Kier molecular flexibility index (Phi) is 12.7. The molecule has 1 saturated heterocycles. The van der Waals surface area contributed by atoms with Gasteiger partial charge < -0.3 is 25.8 Å². The number of anilines is 1. The molecule has 3 heterocycles. The maximum Gasteiger partial charge on any atom is 0.323 e. The third-order valence-corrected chi connectivity index (χ3v) is 9.99. The number of thioether (sulfide) groups is 1. The summed E-state index contributed by atoms with van der Waals surface area (Å²) in [6.07, 6.45) is 4.13. The Hall–Kier alpha value is -4.17. The van der Waals surface area contributed by atoms with E-state index in [1.807, 2.05) is 41.8 Å². The number of ether oxygens (including phenoxy) is 2.